The van der Waals surface area contributed by atoms with E-state index in [1.807, 2.05) is 0 Å². The first-order chi connectivity index (χ1) is 7.54. The molecule has 1 aliphatic carbocycles. The lowest BCUT2D eigenvalue weighted by atomic mass is 9.89. The normalized spacial score (nSPS) is 19.5. The Morgan fingerprint density at radius 1 is 1.50 bits per heavy atom. The second-order valence-electron chi connectivity index (χ2n) is 4.84. The molecule has 1 saturated carbocycles. The van der Waals surface area contributed by atoms with Crippen molar-refractivity contribution < 1.29 is 4.39 Å². The molecule has 1 aromatic carbocycles. The third-order valence-electron chi connectivity index (χ3n) is 3.44. The summed E-state index contributed by atoms with van der Waals surface area (Å²) >= 11 is 6.11. The van der Waals surface area contributed by atoms with E-state index in [9.17, 15) is 4.39 Å². The number of nitrogens with two attached hydrogens (primary N) is 1. The Hall–Kier alpha value is -0.600. The van der Waals surface area contributed by atoms with Crippen molar-refractivity contribution in [3.8, 4) is 0 Å². The van der Waals surface area contributed by atoms with Crippen LogP contribution in [0.5, 0.6) is 0 Å². The van der Waals surface area contributed by atoms with E-state index in [-0.39, 0.29) is 17.3 Å². The van der Waals surface area contributed by atoms with E-state index < -0.39 is 0 Å². The van der Waals surface area contributed by atoms with Gasteiger partial charge in [-0.2, -0.15) is 0 Å². The van der Waals surface area contributed by atoms with E-state index >= 15 is 0 Å². The smallest absolute Gasteiger partial charge is 0.123 e. The highest BCUT2D eigenvalue weighted by atomic mass is 35.5. The highest BCUT2D eigenvalue weighted by molar-refractivity contribution is 6.31. The summed E-state index contributed by atoms with van der Waals surface area (Å²) in [5.74, 6) is 0.0513. The summed E-state index contributed by atoms with van der Waals surface area (Å²) in [5.41, 5.74) is 7.00. The molecule has 1 atom stereocenters. The van der Waals surface area contributed by atoms with Crippen LogP contribution in [-0.4, -0.2) is 5.54 Å². The molecule has 0 aromatic heterocycles. The van der Waals surface area contributed by atoms with Gasteiger partial charge in [-0.15, -0.1) is 0 Å². The van der Waals surface area contributed by atoms with Gasteiger partial charge in [-0.1, -0.05) is 18.5 Å². The lowest BCUT2D eigenvalue weighted by molar-refractivity contribution is 0.502. The Kier molecular flexibility index (Phi) is 3.22. The number of rotatable bonds is 4. The van der Waals surface area contributed by atoms with Crippen molar-refractivity contribution in [3.05, 3.63) is 34.6 Å². The molecule has 2 rings (SSSR count). The molecule has 3 heteroatoms. The zero-order chi connectivity index (χ0) is 11.8. The van der Waals surface area contributed by atoms with Crippen LogP contribution in [0.1, 0.15) is 44.1 Å². The van der Waals surface area contributed by atoms with Crippen LogP contribution in [-0.2, 0) is 0 Å². The maximum atomic E-state index is 13.2. The number of benzene rings is 1. The van der Waals surface area contributed by atoms with Gasteiger partial charge in [0.2, 0.25) is 0 Å². The van der Waals surface area contributed by atoms with Crippen molar-refractivity contribution >= 4 is 11.6 Å². The van der Waals surface area contributed by atoms with Crippen LogP contribution < -0.4 is 5.73 Å². The minimum Gasteiger partial charge on any atom is -0.325 e. The maximum absolute atomic E-state index is 13.2. The van der Waals surface area contributed by atoms with E-state index in [1.165, 1.54) is 6.07 Å². The van der Waals surface area contributed by atoms with E-state index in [1.54, 1.807) is 12.1 Å². The van der Waals surface area contributed by atoms with Crippen LogP contribution in [0.25, 0.3) is 0 Å². The van der Waals surface area contributed by atoms with Gasteiger partial charge in [-0.05, 0) is 55.4 Å². The SMILES string of the molecule is CCC(CC1(N)CC1)c1cc(F)ccc1Cl. The van der Waals surface area contributed by atoms with Crippen molar-refractivity contribution in [3.63, 3.8) is 0 Å². The van der Waals surface area contributed by atoms with E-state index in [4.69, 9.17) is 17.3 Å². The van der Waals surface area contributed by atoms with Gasteiger partial charge in [0.05, 0.1) is 0 Å². The van der Waals surface area contributed by atoms with Crippen molar-refractivity contribution in [1.29, 1.82) is 0 Å². The zero-order valence-corrected chi connectivity index (χ0v) is 10.2. The third-order valence-corrected chi connectivity index (χ3v) is 3.78. The van der Waals surface area contributed by atoms with Gasteiger partial charge in [0.15, 0.2) is 0 Å². The predicted octanol–water partition coefficient (Wildman–Crippen LogP) is 3.85. The Labute approximate surface area is 101 Å². The minimum absolute atomic E-state index is 0.0175. The number of halogens is 2. The fourth-order valence-corrected chi connectivity index (χ4v) is 2.43. The van der Waals surface area contributed by atoms with Crippen molar-refractivity contribution in [1.82, 2.24) is 0 Å². The quantitative estimate of drug-likeness (QED) is 0.851. The summed E-state index contributed by atoms with van der Waals surface area (Å²) in [7, 11) is 0. The van der Waals surface area contributed by atoms with Crippen LogP contribution in [0.3, 0.4) is 0 Å². The Morgan fingerprint density at radius 2 is 2.19 bits per heavy atom. The molecule has 1 unspecified atom stereocenters. The summed E-state index contributed by atoms with van der Waals surface area (Å²) in [6, 6.07) is 4.57. The molecule has 0 spiro atoms. The molecule has 2 N–H and O–H groups in total. The lowest BCUT2D eigenvalue weighted by Crippen LogP contribution is -2.24. The molecule has 16 heavy (non-hydrogen) atoms. The zero-order valence-electron chi connectivity index (χ0n) is 9.47. The van der Waals surface area contributed by atoms with E-state index in [2.05, 4.69) is 6.92 Å². The molecule has 0 amide bonds. The Balaban J connectivity index is 2.21. The molecular weight excluding hydrogens is 225 g/mol. The van der Waals surface area contributed by atoms with Gasteiger partial charge in [-0.3, -0.25) is 0 Å². The summed E-state index contributed by atoms with van der Waals surface area (Å²) in [4.78, 5) is 0. The van der Waals surface area contributed by atoms with Gasteiger partial charge < -0.3 is 5.73 Å². The third kappa shape index (κ3) is 2.55. The van der Waals surface area contributed by atoms with Gasteiger partial charge >= 0.3 is 0 Å². The highest BCUT2D eigenvalue weighted by Gasteiger charge is 2.40. The van der Waals surface area contributed by atoms with E-state index in [0.717, 1.165) is 31.2 Å². The average molecular weight is 242 g/mol. The number of hydrogen-bond donors (Lipinski definition) is 1. The molecule has 1 aliphatic rings. The first kappa shape index (κ1) is 11.9. The molecule has 1 fully saturated rings. The van der Waals surface area contributed by atoms with Gasteiger partial charge in [-0.25, -0.2) is 4.39 Å². The van der Waals surface area contributed by atoms with Crippen molar-refractivity contribution in [2.24, 2.45) is 5.73 Å². The minimum atomic E-state index is -0.222. The second kappa shape index (κ2) is 4.34. The van der Waals surface area contributed by atoms with Crippen molar-refractivity contribution in [2.45, 2.75) is 44.1 Å². The molecule has 88 valence electrons. The van der Waals surface area contributed by atoms with Crippen LogP contribution in [0, 0.1) is 5.82 Å². The fourth-order valence-electron chi connectivity index (χ4n) is 2.16. The summed E-state index contributed by atoms with van der Waals surface area (Å²) in [6.45, 7) is 2.09. The molecule has 0 aliphatic heterocycles. The van der Waals surface area contributed by atoms with Crippen molar-refractivity contribution in [2.75, 3.05) is 0 Å². The molecule has 0 bridgehead atoms. The van der Waals surface area contributed by atoms with Crippen LogP contribution >= 0.6 is 11.6 Å². The highest BCUT2D eigenvalue weighted by Crippen LogP contribution is 2.43. The fraction of sp³-hybridized carbons (Fsp3) is 0.538. The molecule has 0 heterocycles. The number of hydrogen-bond acceptors (Lipinski definition) is 1. The van der Waals surface area contributed by atoms with Gasteiger partial charge in [0, 0.05) is 10.6 Å². The first-order valence-corrected chi connectivity index (χ1v) is 6.16. The lowest BCUT2D eigenvalue weighted by Gasteiger charge is -2.20. The van der Waals surface area contributed by atoms with Crippen LogP contribution in [0.4, 0.5) is 4.39 Å². The maximum Gasteiger partial charge on any atom is 0.123 e. The Morgan fingerprint density at radius 3 is 2.75 bits per heavy atom. The summed E-state index contributed by atoms with van der Waals surface area (Å²) in [6.07, 6.45) is 4.02. The van der Waals surface area contributed by atoms with Crippen LogP contribution in [0.15, 0.2) is 18.2 Å². The largest absolute Gasteiger partial charge is 0.325 e. The van der Waals surface area contributed by atoms with Gasteiger partial charge in [0.1, 0.15) is 5.82 Å². The average Bonchev–Trinajstić information content (AvgIpc) is 2.97. The molecule has 1 nitrogen and oxygen atoms in total. The first-order valence-electron chi connectivity index (χ1n) is 5.78. The summed E-state index contributed by atoms with van der Waals surface area (Å²) in [5, 5.41) is 0.650. The monoisotopic (exact) mass is 241 g/mol. The molecule has 0 radical (unpaired) electrons. The molecule has 0 saturated heterocycles. The predicted molar refractivity (Wildman–Crippen MR) is 65.2 cm³/mol. The topological polar surface area (TPSA) is 26.0 Å². The van der Waals surface area contributed by atoms with E-state index in [0.29, 0.717) is 5.02 Å². The Bertz CT molecular complexity index is 388. The standard InChI is InChI=1S/C13H17ClFN/c1-2-9(8-13(16)5-6-13)11-7-10(15)3-4-12(11)14/h3-4,7,9H,2,5-6,8,16H2,1H3. The summed E-state index contributed by atoms with van der Waals surface area (Å²) < 4.78 is 13.2. The molecular formula is C13H17ClFN. The van der Waals surface area contributed by atoms with Gasteiger partial charge in [0.25, 0.3) is 0 Å². The van der Waals surface area contributed by atoms with Crippen LogP contribution in [0.2, 0.25) is 5.02 Å². The second-order valence-corrected chi connectivity index (χ2v) is 5.24. The molecule has 1 aromatic rings.